The van der Waals surface area contributed by atoms with Gasteiger partial charge < -0.3 is 31.7 Å². The molecule has 0 heterocycles. The third-order valence-electron chi connectivity index (χ3n) is 5.19. The summed E-state index contributed by atoms with van der Waals surface area (Å²) in [5.74, 6) is -0.992. The maximum Gasteiger partial charge on any atom is 0.326 e. The Bertz CT molecular complexity index is 1170. The van der Waals surface area contributed by atoms with Crippen LogP contribution in [0.3, 0.4) is 0 Å². The first kappa shape index (κ1) is 24.4. The van der Waals surface area contributed by atoms with Gasteiger partial charge in [0.15, 0.2) is 12.6 Å². The number of nitrogens with zero attached hydrogens (tertiary/aromatic N) is 1. The zero-order valence-electron chi connectivity index (χ0n) is 18.6. The number of carbonyl (C=O) groups excluding carboxylic acids is 1. The van der Waals surface area contributed by atoms with Gasteiger partial charge in [-0.2, -0.15) is 0 Å². The second kappa shape index (κ2) is 11.6. The van der Waals surface area contributed by atoms with Crippen molar-refractivity contribution in [1.82, 2.24) is 5.32 Å². The molecule has 0 fully saturated rings. The van der Waals surface area contributed by atoms with E-state index in [0.29, 0.717) is 18.6 Å². The quantitative estimate of drug-likeness (QED) is 0.165. The predicted octanol–water partition coefficient (Wildman–Crippen LogP) is 2.14. The van der Waals surface area contributed by atoms with Crippen LogP contribution in [0.4, 0.5) is 0 Å². The van der Waals surface area contributed by atoms with Gasteiger partial charge in [-0.25, -0.2) is 4.79 Å². The van der Waals surface area contributed by atoms with E-state index in [2.05, 4.69) is 10.3 Å². The molecule has 3 aromatic carbocycles. The number of benzene rings is 3. The highest BCUT2D eigenvalue weighted by molar-refractivity contribution is 5.90. The number of amides is 1. The number of phenolic OH excluding ortho intramolecular Hbond substituents is 1. The number of fused-ring (bicyclic) bond motifs is 1. The molecule has 0 spiro atoms. The Hall–Kier alpha value is -4.27. The highest BCUT2D eigenvalue weighted by Crippen LogP contribution is 2.27. The summed E-state index contributed by atoms with van der Waals surface area (Å²) in [6, 6.07) is 17.5. The van der Waals surface area contributed by atoms with Crippen molar-refractivity contribution in [3.8, 4) is 11.5 Å². The molecular formula is C25H28N4O5. The lowest BCUT2D eigenvalue weighted by atomic mass is 10.0. The van der Waals surface area contributed by atoms with Gasteiger partial charge >= 0.3 is 5.97 Å². The lowest BCUT2D eigenvalue weighted by Gasteiger charge is -2.15. The Morgan fingerprint density at radius 3 is 2.47 bits per heavy atom. The Morgan fingerprint density at radius 2 is 1.76 bits per heavy atom. The fourth-order valence-corrected chi connectivity index (χ4v) is 3.52. The summed E-state index contributed by atoms with van der Waals surface area (Å²) < 4.78 is 5.75. The largest absolute Gasteiger partial charge is 0.508 e. The van der Waals surface area contributed by atoms with E-state index in [0.717, 1.165) is 21.9 Å². The van der Waals surface area contributed by atoms with Gasteiger partial charge in [-0.3, -0.25) is 9.79 Å². The minimum Gasteiger partial charge on any atom is -0.508 e. The van der Waals surface area contributed by atoms with Crippen molar-refractivity contribution in [3.05, 3.63) is 71.8 Å². The Morgan fingerprint density at radius 1 is 1.03 bits per heavy atom. The molecule has 9 nitrogen and oxygen atoms in total. The van der Waals surface area contributed by atoms with E-state index in [9.17, 15) is 19.8 Å². The zero-order valence-corrected chi connectivity index (χ0v) is 18.6. The van der Waals surface area contributed by atoms with Crippen molar-refractivity contribution >= 4 is 28.6 Å². The molecule has 1 amide bonds. The maximum atomic E-state index is 12.4. The van der Waals surface area contributed by atoms with Gasteiger partial charge in [-0.15, -0.1) is 0 Å². The molecule has 9 heteroatoms. The van der Waals surface area contributed by atoms with Gasteiger partial charge in [0.1, 0.15) is 17.5 Å². The topological polar surface area (TPSA) is 160 Å². The number of nitrogens with two attached hydrogens (primary N) is 2. The number of carboxylic acid groups (broad SMARTS) is 1. The van der Waals surface area contributed by atoms with E-state index < -0.39 is 17.9 Å². The molecule has 0 saturated heterocycles. The molecule has 0 bridgehead atoms. The summed E-state index contributed by atoms with van der Waals surface area (Å²) in [5, 5.41) is 23.1. The highest BCUT2D eigenvalue weighted by atomic mass is 16.5. The van der Waals surface area contributed by atoms with E-state index in [1.807, 2.05) is 42.5 Å². The van der Waals surface area contributed by atoms with Gasteiger partial charge in [-0.05, 0) is 60.0 Å². The number of phenols is 1. The molecule has 0 aliphatic rings. The van der Waals surface area contributed by atoms with Crippen LogP contribution in [0.25, 0.3) is 10.8 Å². The third-order valence-corrected chi connectivity index (χ3v) is 5.19. The lowest BCUT2D eigenvalue weighted by molar-refractivity contribution is -0.142. The summed E-state index contributed by atoms with van der Waals surface area (Å²) >= 11 is 0. The number of carboxylic acids is 1. The summed E-state index contributed by atoms with van der Waals surface area (Å²) in [4.78, 5) is 27.6. The summed E-state index contributed by atoms with van der Waals surface area (Å²) in [6.45, 7) is -0.0417. The molecule has 0 saturated carbocycles. The summed E-state index contributed by atoms with van der Waals surface area (Å²) in [7, 11) is 0. The fourth-order valence-electron chi connectivity index (χ4n) is 3.52. The predicted molar refractivity (Wildman–Crippen MR) is 130 cm³/mol. The second-order valence-electron chi connectivity index (χ2n) is 7.85. The molecule has 0 radical (unpaired) electrons. The first-order valence-corrected chi connectivity index (χ1v) is 10.8. The van der Waals surface area contributed by atoms with E-state index in [1.165, 1.54) is 0 Å². The average molecular weight is 465 g/mol. The lowest BCUT2D eigenvalue weighted by Crippen LogP contribution is -2.43. The minimum atomic E-state index is -1.14. The van der Waals surface area contributed by atoms with Crippen molar-refractivity contribution in [3.63, 3.8) is 0 Å². The van der Waals surface area contributed by atoms with E-state index in [4.69, 9.17) is 16.2 Å². The van der Waals surface area contributed by atoms with Crippen LogP contribution < -0.4 is 21.5 Å². The van der Waals surface area contributed by atoms with E-state index in [1.54, 1.807) is 18.2 Å². The van der Waals surface area contributed by atoms with Crippen molar-refractivity contribution in [2.45, 2.75) is 25.3 Å². The molecule has 0 aliphatic carbocycles. The van der Waals surface area contributed by atoms with Gasteiger partial charge in [0.25, 0.3) is 5.91 Å². The Kier molecular flexibility index (Phi) is 8.28. The number of hydrogen-bond donors (Lipinski definition) is 5. The van der Waals surface area contributed by atoms with Gasteiger partial charge in [0.2, 0.25) is 0 Å². The molecule has 1 atom stereocenters. The first-order valence-electron chi connectivity index (χ1n) is 10.8. The number of aliphatic carboxylic acids is 1. The first-order chi connectivity index (χ1) is 16.3. The summed E-state index contributed by atoms with van der Waals surface area (Å²) in [6.07, 6.45) is 1.26. The molecule has 178 valence electrons. The Labute approximate surface area is 197 Å². The monoisotopic (exact) mass is 464 g/mol. The molecule has 7 N–H and O–H groups in total. The standard InChI is InChI=1S/C25H28N4O5/c26-25(27)28-12-2-4-21(24(32)33)29-23(31)15-34-22-5-1-3-18-9-6-17(14-20(18)22)13-16-7-10-19(30)11-8-16/h1,3,5-11,14,21,30H,2,4,12-13,15H2,(H,29,31)(H,32,33)(H4,26,27,28)/t21-/m0/s1. The molecule has 3 rings (SSSR count). The third kappa shape index (κ3) is 7.13. The highest BCUT2D eigenvalue weighted by Gasteiger charge is 2.20. The van der Waals surface area contributed by atoms with Crippen molar-refractivity contribution in [2.24, 2.45) is 16.5 Å². The molecule has 0 aliphatic heterocycles. The maximum absolute atomic E-state index is 12.4. The van der Waals surface area contributed by atoms with Crippen LogP contribution in [-0.2, 0) is 16.0 Å². The van der Waals surface area contributed by atoms with Crippen molar-refractivity contribution < 1.29 is 24.5 Å². The fraction of sp³-hybridized carbons (Fsp3) is 0.240. The number of aliphatic imine (C=N–C) groups is 1. The molecule has 34 heavy (non-hydrogen) atoms. The Balaban J connectivity index is 1.64. The number of hydrogen-bond acceptors (Lipinski definition) is 5. The second-order valence-corrected chi connectivity index (χ2v) is 7.85. The number of ether oxygens (including phenoxy) is 1. The van der Waals surface area contributed by atoms with Crippen molar-refractivity contribution in [2.75, 3.05) is 13.2 Å². The average Bonchev–Trinajstić information content (AvgIpc) is 2.80. The number of carbonyl (C=O) groups is 2. The van der Waals surface area contributed by atoms with Crippen LogP contribution in [-0.4, -0.2) is 47.2 Å². The van der Waals surface area contributed by atoms with Crippen LogP contribution >= 0.6 is 0 Å². The van der Waals surface area contributed by atoms with Gasteiger partial charge in [-0.1, -0.05) is 36.4 Å². The minimum absolute atomic E-state index is 0.0642. The zero-order chi connectivity index (χ0) is 24.5. The van der Waals surface area contributed by atoms with Crippen LogP contribution in [0.5, 0.6) is 11.5 Å². The van der Waals surface area contributed by atoms with Crippen LogP contribution in [0.1, 0.15) is 24.0 Å². The number of nitrogens with one attached hydrogen (secondary N) is 1. The van der Waals surface area contributed by atoms with Crippen LogP contribution in [0.15, 0.2) is 65.7 Å². The van der Waals surface area contributed by atoms with Crippen LogP contribution in [0, 0.1) is 0 Å². The molecule has 0 aromatic heterocycles. The van der Waals surface area contributed by atoms with E-state index >= 15 is 0 Å². The van der Waals surface area contributed by atoms with Gasteiger partial charge in [0.05, 0.1) is 0 Å². The van der Waals surface area contributed by atoms with E-state index in [-0.39, 0.29) is 31.3 Å². The van der Waals surface area contributed by atoms with Crippen LogP contribution in [0.2, 0.25) is 0 Å². The molecule has 0 unspecified atom stereocenters. The van der Waals surface area contributed by atoms with Gasteiger partial charge in [0, 0.05) is 11.9 Å². The number of guanidine groups is 1. The smallest absolute Gasteiger partial charge is 0.326 e. The summed E-state index contributed by atoms with van der Waals surface area (Å²) in [5.41, 5.74) is 12.6. The molecule has 3 aromatic rings. The number of rotatable bonds is 11. The molecular weight excluding hydrogens is 436 g/mol. The SMILES string of the molecule is NC(N)=NCCC[C@H](NC(=O)COc1cccc2ccc(Cc3ccc(O)cc3)cc12)C(=O)O. The normalized spacial score (nSPS) is 11.5. The number of aromatic hydroxyl groups is 1. The van der Waals surface area contributed by atoms with Crippen molar-refractivity contribution in [1.29, 1.82) is 0 Å².